The molecule has 0 spiro atoms. The van der Waals surface area contributed by atoms with Gasteiger partial charge in [-0.3, -0.25) is 9.59 Å². The van der Waals surface area contributed by atoms with E-state index in [0.29, 0.717) is 35.1 Å². The number of amides is 1. The van der Waals surface area contributed by atoms with Gasteiger partial charge in [0, 0.05) is 24.3 Å². The molecule has 0 unspecified atom stereocenters. The fourth-order valence-corrected chi connectivity index (χ4v) is 6.09. The molecule has 1 atom stereocenters. The summed E-state index contributed by atoms with van der Waals surface area (Å²) in [6.07, 6.45) is 4.76. The third-order valence-electron chi connectivity index (χ3n) is 8.55. The Kier molecular flexibility index (Phi) is 9.88. The van der Waals surface area contributed by atoms with Crippen molar-refractivity contribution in [1.82, 2.24) is 14.9 Å². The van der Waals surface area contributed by atoms with Gasteiger partial charge >= 0.3 is 5.97 Å². The first-order valence-electron chi connectivity index (χ1n) is 15.5. The average Bonchev–Trinajstić information content (AvgIpc) is 3.50. The minimum Gasteiger partial charge on any atom is -0.480 e. The van der Waals surface area contributed by atoms with Crippen LogP contribution in [0.1, 0.15) is 83.5 Å². The van der Waals surface area contributed by atoms with E-state index < -0.39 is 12.5 Å². The summed E-state index contributed by atoms with van der Waals surface area (Å²) >= 11 is 6.16. The molecule has 1 N–H and O–H groups in total. The first-order valence-corrected chi connectivity index (χ1v) is 15.9. The monoisotopic (exact) mass is 624 g/mol. The topological polar surface area (TPSA) is 86.6 Å². The number of rotatable bonds is 10. The molecule has 8 heteroatoms. The summed E-state index contributed by atoms with van der Waals surface area (Å²) in [5.41, 5.74) is 6.47. The molecular weight excluding hydrogens is 584 g/mol. The molecule has 1 aromatic heterocycles. The second-order valence-electron chi connectivity index (χ2n) is 12.9. The van der Waals surface area contributed by atoms with E-state index in [9.17, 15) is 14.7 Å². The maximum Gasteiger partial charge on any atom is 0.323 e. The highest BCUT2D eigenvalue weighted by molar-refractivity contribution is 6.30. The molecule has 1 saturated heterocycles. The standard InChI is InChI=1S/C37H41ClN4O3/c1-25-8-5-6-9-27(25)15-20-32-31(22-39-36(40-32)42-21-7-10-33(42)28-13-18-30(38)19-14-28)35(45)41(24-34(43)44)23-26-11-16-29(17-12-26)37(2,3)4/h5-6,8-9,11-14,16-19,22,33H,7,10,15,20-21,23-24H2,1-4H3,(H,43,44)/t33-/m0/s1. The SMILES string of the molecule is Cc1ccccc1CCc1nc(N2CCC[C@H]2c2ccc(Cl)cc2)ncc1C(=O)N(CC(=O)O)Cc1ccc(C(C)(C)C)cc1. The summed E-state index contributed by atoms with van der Waals surface area (Å²) in [5.74, 6) is -0.887. The molecular formula is C37H41ClN4O3. The number of benzene rings is 3. The number of hydrogen-bond acceptors (Lipinski definition) is 5. The van der Waals surface area contributed by atoms with Crippen LogP contribution < -0.4 is 4.90 Å². The van der Waals surface area contributed by atoms with Gasteiger partial charge < -0.3 is 14.9 Å². The van der Waals surface area contributed by atoms with Gasteiger partial charge in [0.1, 0.15) is 6.54 Å². The molecule has 0 radical (unpaired) electrons. The van der Waals surface area contributed by atoms with Crippen molar-refractivity contribution in [2.75, 3.05) is 18.0 Å². The summed E-state index contributed by atoms with van der Waals surface area (Å²) in [6, 6.07) is 24.2. The molecule has 7 nitrogen and oxygen atoms in total. The molecule has 4 aromatic rings. The van der Waals surface area contributed by atoms with Gasteiger partial charge in [-0.25, -0.2) is 9.97 Å². The molecule has 0 aliphatic carbocycles. The Labute approximate surface area is 270 Å². The number of carbonyl (C=O) groups is 2. The number of aromatic nitrogens is 2. The van der Waals surface area contributed by atoms with Gasteiger partial charge in [0.05, 0.1) is 17.3 Å². The van der Waals surface area contributed by atoms with Crippen molar-refractivity contribution in [2.45, 2.75) is 71.4 Å². The molecule has 2 heterocycles. The Hall–Kier alpha value is -4.23. The van der Waals surface area contributed by atoms with Crippen molar-refractivity contribution < 1.29 is 14.7 Å². The van der Waals surface area contributed by atoms with Crippen molar-refractivity contribution in [3.63, 3.8) is 0 Å². The normalized spacial score (nSPS) is 14.9. The average molecular weight is 625 g/mol. The smallest absolute Gasteiger partial charge is 0.323 e. The number of aliphatic carboxylic acids is 1. The van der Waals surface area contributed by atoms with E-state index in [1.54, 1.807) is 6.20 Å². The van der Waals surface area contributed by atoms with Crippen molar-refractivity contribution >= 4 is 29.4 Å². The van der Waals surface area contributed by atoms with Gasteiger partial charge in [0.25, 0.3) is 5.91 Å². The second-order valence-corrected chi connectivity index (χ2v) is 13.3. The Bertz CT molecular complexity index is 1650. The largest absolute Gasteiger partial charge is 0.480 e. The number of carboxylic acid groups (broad SMARTS) is 1. The summed E-state index contributed by atoms with van der Waals surface area (Å²) < 4.78 is 0. The third-order valence-corrected chi connectivity index (χ3v) is 8.80. The minimum absolute atomic E-state index is 0.0118. The molecule has 1 aliphatic rings. The maximum absolute atomic E-state index is 14.1. The first kappa shape index (κ1) is 32.2. The quantitative estimate of drug-likeness (QED) is 0.196. The molecule has 1 aliphatic heterocycles. The maximum atomic E-state index is 14.1. The molecule has 234 valence electrons. The zero-order valence-electron chi connectivity index (χ0n) is 26.5. The second kappa shape index (κ2) is 13.8. The minimum atomic E-state index is -1.07. The van der Waals surface area contributed by atoms with Crippen molar-refractivity contribution in [3.05, 3.63) is 123 Å². The Morgan fingerprint density at radius 3 is 2.38 bits per heavy atom. The number of hydrogen-bond donors (Lipinski definition) is 1. The Morgan fingerprint density at radius 1 is 1.00 bits per heavy atom. The molecule has 0 saturated carbocycles. The number of nitrogens with zero attached hydrogens (tertiary/aromatic N) is 4. The number of carboxylic acids is 1. The van der Waals surface area contributed by atoms with E-state index in [2.05, 4.69) is 44.7 Å². The third kappa shape index (κ3) is 7.90. The van der Waals surface area contributed by atoms with Gasteiger partial charge in [-0.1, -0.05) is 93.0 Å². The number of carbonyl (C=O) groups excluding carboxylic acids is 1. The zero-order chi connectivity index (χ0) is 32.1. The van der Waals surface area contributed by atoms with E-state index >= 15 is 0 Å². The van der Waals surface area contributed by atoms with E-state index in [4.69, 9.17) is 21.6 Å². The van der Waals surface area contributed by atoms with Crippen LogP contribution in [0.2, 0.25) is 5.02 Å². The lowest BCUT2D eigenvalue weighted by atomic mass is 9.87. The predicted molar refractivity (Wildman–Crippen MR) is 179 cm³/mol. The fraction of sp³-hybridized carbons (Fsp3) is 0.351. The van der Waals surface area contributed by atoms with Crippen LogP contribution in [0.15, 0.2) is 79.0 Å². The van der Waals surface area contributed by atoms with Crippen molar-refractivity contribution in [3.8, 4) is 0 Å². The molecule has 5 rings (SSSR count). The highest BCUT2D eigenvalue weighted by Gasteiger charge is 2.30. The lowest BCUT2D eigenvalue weighted by Crippen LogP contribution is -2.36. The van der Waals surface area contributed by atoms with Crippen LogP contribution in [-0.2, 0) is 29.6 Å². The van der Waals surface area contributed by atoms with Gasteiger partial charge in [-0.05, 0) is 78.0 Å². The zero-order valence-corrected chi connectivity index (χ0v) is 27.2. The predicted octanol–water partition coefficient (Wildman–Crippen LogP) is 7.59. The molecule has 3 aromatic carbocycles. The van der Waals surface area contributed by atoms with Crippen molar-refractivity contribution in [2.24, 2.45) is 0 Å². The van der Waals surface area contributed by atoms with E-state index in [1.807, 2.05) is 60.7 Å². The molecule has 0 bridgehead atoms. The van der Waals surface area contributed by atoms with Crippen LogP contribution in [0.25, 0.3) is 0 Å². The molecule has 45 heavy (non-hydrogen) atoms. The highest BCUT2D eigenvalue weighted by atomic mass is 35.5. The lowest BCUT2D eigenvalue weighted by Gasteiger charge is -2.27. The summed E-state index contributed by atoms with van der Waals surface area (Å²) in [7, 11) is 0. The van der Waals surface area contributed by atoms with Crippen molar-refractivity contribution in [1.29, 1.82) is 0 Å². The lowest BCUT2D eigenvalue weighted by molar-refractivity contribution is -0.137. The van der Waals surface area contributed by atoms with Gasteiger partial charge in [0.15, 0.2) is 0 Å². The molecule has 1 fully saturated rings. The Morgan fingerprint density at radius 2 is 1.71 bits per heavy atom. The van der Waals surface area contributed by atoms with E-state index in [1.165, 1.54) is 21.6 Å². The number of aryl methyl sites for hydroxylation is 3. The van der Waals surface area contributed by atoms with E-state index in [0.717, 1.165) is 30.5 Å². The fourth-order valence-electron chi connectivity index (χ4n) is 5.96. The number of anilines is 1. The van der Waals surface area contributed by atoms with Gasteiger partial charge in [-0.2, -0.15) is 0 Å². The van der Waals surface area contributed by atoms with Crippen LogP contribution >= 0.6 is 11.6 Å². The number of halogens is 1. The van der Waals surface area contributed by atoms with Gasteiger partial charge in [0.2, 0.25) is 5.95 Å². The summed E-state index contributed by atoms with van der Waals surface area (Å²) in [6.45, 7) is 9.04. The van der Waals surface area contributed by atoms with Crippen LogP contribution in [0.3, 0.4) is 0 Å². The Balaban J connectivity index is 1.48. The van der Waals surface area contributed by atoms with Crippen LogP contribution in [-0.4, -0.2) is 44.9 Å². The summed E-state index contributed by atoms with van der Waals surface area (Å²) in [4.78, 5) is 39.3. The van der Waals surface area contributed by atoms with Crippen LogP contribution in [0.4, 0.5) is 5.95 Å². The summed E-state index contributed by atoms with van der Waals surface area (Å²) in [5, 5.41) is 10.5. The van der Waals surface area contributed by atoms with Gasteiger partial charge in [-0.15, -0.1) is 0 Å². The van der Waals surface area contributed by atoms with Crippen LogP contribution in [0.5, 0.6) is 0 Å². The van der Waals surface area contributed by atoms with E-state index in [-0.39, 0.29) is 23.9 Å². The van der Waals surface area contributed by atoms with Crippen LogP contribution in [0, 0.1) is 6.92 Å². The first-order chi connectivity index (χ1) is 21.5. The highest BCUT2D eigenvalue weighted by Crippen LogP contribution is 2.35. The molecule has 1 amide bonds.